The van der Waals surface area contributed by atoms with Gasteiger partial charge in [-0.2, -0.15) is 0 Å². The Morgan fingerprint density at radius 3 is 2.62 bits per heavy atom. The summed E-state index contributed by atoms with van der Waals surface area (Å²) >= 11 is 0. The van der Waals surface area contributed by atoms with Crippen molar-refractivity contribution in [3.63, 3.8) is 0 Å². The van der Waals surface area contributed by atoms with Crippen LogP contribution in [-0.4, -0.2) is 42.3 Å². The average molecular weight is 464 g/mol. The zero-order valence-corrected chi connectivity index (χ0v) is 19.9. The highest BCUT2D eigenvalue weighted by atomic mass is 16.5. The maximum atomic E-state index is 13.6. The lowest BCUT2D eigenvalue weighted by Crippen LogP contribution is -2.47. The fraction of sp³-hybridized carbons (Fsp3) is 0.444. The van der Waals surface area contributed by atoms with Gasteiger partial charge in [-0.1, -0.05) is 37.6 Å². The van der Waals surface area contributed by atoms with Crippen LogP contribution < -0.4 is 15.4 Å². The number of benzene rings is 2. The van der Waals surface area contributed by atoms with E-state index in [0.29, 0.717) is 36.4 Å². The third-order valence-electron chi connectivity index (χ3n) is 6.56. The Morgan fingerprint density at radius 2 is 1.88 bits per heavy atom. The molecule has 2 N–H and O–H groups in total. The topological polar surface area (TPSA) is 87.7 Å². The first-order chi connectivity index (χ1) is 16.5. The molecule has 2 aromatic carbocycles. The van der Waals surface area contributed by atoms with Gasteiger partial charge < -0.3 is 20.3 Å². The van der Waals surface area contributed by atoms with Crippen molar-refractivity contribution in [2.24, 2.45) is 5.92 Å². The summed E-state index contributed by atoms with van der Waals surface area (Å²) in [4.78, 5) is 40.8. The molecule has 180 valence electrons. The second kappa shape index (κ2) is 10.7. The number of likely N-dealkylation sites (tertiary alicyclic amines) is 1. The zero-order valence-electron chi connectivity index (χ0n) is 19.9. The van der Waals surface area contributed by atoms with Crippen molar-refractivity contribution in [3.05, 3.63) is 59.7 Å². The summed E-state index contributed by atoms with van der Waals surface area (Å²) < 4.78 is 5.60. The standard InChI is InChI=1S/C27H33N3O4/c1-3-4-16-30-24(31)15-14-22(25(30)21-10-5-6-11-23(21)34-2)27(33)29-20-9-7-8-18(17-20)26(32)28-19-12-13-19/h5-11,17,19,22,25H,3-4,12-16H2,1-2H3,(H,28,32)(H,29,33)/t22-,25-/m0/s1. The van der Waals surface area contributed by atoms with Crippen molar-refractivity contribution in [3.8, 4) is 5.75 Å². The number of carbonyl (C=O) groups is 3. The van der Waals surface area contributed by atoms with Crippen LogP contribution in [0.5, 0.6) is 5.75 Å². The molecule has 1 saturated carbocycles. The van der Waals surface area contributed by atoms with Crippen LogP contribution in [0.25, 0.3) is 0 Å². The Bertz CT molecular complexity index is 1050. The van der Waals surface area contributed by atoms with Crippen LogP contribution in [0, 0.1) is 5.92 Å². The summed E-state index contributed by atoms with van der Waals surface area (Å²) in [6, 6.07) is 14.5. The van der Waals surface area contributed by atoms with Crippen LogP contribution in [0.3, 0.4) is 0 Å². The normalized spacial score (nSPS) is 20.1. The molecule has 1 saturated heterocycles. The first kappa shape index (κ1) is 23.8. The van der Waals surface area contributed by atoms with Gasteiger partial charge in [0, 0.05) is 35.8 Å². The van der Waals surface area contributed by atoms with Gasteiger partial charge in [-0.25, -0.2) is 0 Å². The lowest BCUT2D eigenvalue weighted by atomic mass is 9.83. The molecule has 1 heterocycles. The van der Waals surface area contributed by atoms with Crippen molar-refractivity contribution < 1.29 is 19.1 Å². The minimum atomic E-state index is -0.435. The summed E-state index contributed by atoms with van der Waals surface area (Å²) in [5.41, 5.74) is 1.94. The van der Waals surface area contributed by atoms with E-state index in [-0.39, 0.29) is 23.8 Å². The number of anilines is 1. The first-order valence-corrected chi connectivity index (χ1v) is 12.2. The Hall–Kier alpha value is -3.35. The Morgan fingerprint density at radius 1 is 1.09 bits per heavy atom. The third kappa shape index (κ3) is 5.41. The van der Waals surface area contributed by atoms with E-state index >= 15 is 0 Å². The molecule has 0 radical (unpaired) electrons. The number of methoxy groups -OCH3 is 1. The Balaban J connectivity index is 1.59. The molecule has 0 aromatic heterocycles. The second-order valence-corrected chi connectivity index (χ2v) is 9.09. The smallest absolute Gasteiger partial charge is 0.251 e. The van der Waals surface area contributed by atoms with Crippen LogP contribution >= 0.6 is 0 Å². The average Bonchev–Trinajstić information content (AvgIpc) is 3.67. The second-order valence-electron chi connectivity index (χ2n) is 9.09. The maximum Gasteiger partial charge on any atom is 0.251 e. The van der Waals surface area contributed by atoms with Gasteiger partial charge in [0.15, 0.2) is 0 Å². The molecule has 1 aliphatic heterocycles. The van der Waals surface area contributed by atoms with E-state index in [2.05, 4.69) is 17.6 Å². The van der Waals surface area contributed by atoms with Gasteiger partial charge in [0.2, 0.25) is 11.8 Å². The van der Waals surface area contributed by atoms with E-state index < -0.39 is 12.0 Å². The number of unbranched alkanes of at least 4 members (excludes halogenated alkanes) is 1. The summed E-state index contributed by atoms with van der Waals surface area (Å²) in [6.07, 6.45) is 4.64. The van der Waals surface area contributed by atoms with Crippen LogP contribution in [-0.2, 0) is 9.59 Å². The highest BCUT2D eigenvalue weighted by Gasteiger charge is 2.41. The summed E-state index contributed by atoms with van der Waals surface area (Å²) in [7, 11) is 1.60. The Labute approximate surface area is 200 Å². The predicted octanol–water partition coefficient (Wildman–Crippen LogP) is 4.31. The SMILES string of the molecule is CCCCN1C(=O)CC[C@H](C(=O)Nc2cccc(C(=O)NC3CC3)c2)[C@@H]1c1ccccc1OC. The molecule has 2 fully saturated rings. The maximum absolute atomic E-state index is 13.6. The minimum Gasteiger partial charge on any atom is -0.496 e. The molecule has 0 spiro atoms. The van der Waals surface area contributed by atoms with Gasteiger partial charge in [-0.05, 0) is 49.9 Å². The fourth-order valence-electron chi connectivity index (χ4n) is 4.58. The molecule has 0 bridgehead atoms. The van der Waals surface area contributed by atoms with E-state index in [9.17, 15) is 14.4 Å². The molecular weight excluding hydrogens is 430 g/mol. The molecule has 2 aliphatic rings. The summed E-state index contributed by atoms with van der Waals surface area (Å²) in [5.74, 6) is 0.00588. The quantitative estimate of drug-likeness (QED) is 0.580. The van der Waals surface area contributed by atoms with Gasteiger partial charge >= 0.3 is 0 Å². The number of hydrogen-bond acceptors (Lipinski definition) is 4. The lowest BCUT2D eigenvalue weighted by molar-refractivity contribution is -0.142. The van der Waals surface area contributed by atoms with Crippen LogP contribution in [0.4, 0.5) is 5.69 Å². The molecule has 34 heavy (non-hydrogen) atoms. The van der Waals surface area contributed by atoms with Crippen molar-refractivity contribution in [1.82, 2.24) is 10.2 Å². The number of rotatable bonds is 9. The molecule has 3 amide bonds. The number of nitrogens with zero attached hydrogens (tertiary/aromatic N) is 1. The van der Waals surface area contributed by atoms with Gasteiger partial charge in [-0.3, -0.25) is 14.4 Å². The molecule has 7 heteroatoms. The highest BCUT2D eigenvalue weighted by Crippen LogP contribution is 2.41. The number of para-hydroxylation sites is 1. The van der Waals surface area contributed by atoms with Gasteiger partial charge in [0.1, 0.15) is 5.75 Å². The van der Waals surface area contributed by atoms with Gasteiger partial charge in [0.05, 0.1) is 19.1 Å². The molecule has 2 aromatic rings. The molecule has 0 unspecified atom stereocenters. The Kier molecular flexibility index (Phi) is 7.50. The van der Waals surface area contributed by atoms with Gasteiger partial charge in [-0.15, -0.1) is 0 Å². The predicted molar refractivity (Wildman–Crippen MR) is 131 cm³/mol. The molecule has 4 rings (SSSR count). The van der Waals surface area contributed by atoms with E-state index in [4.69, 9.17) is 4.74 Å². The van der Waals surface area contributed by atoms with Crippen molar-refractivity contribution in [2.75, 3.05) is 19.0 Å². The van der Waals surface area contributed by atoms with E-state index in [1.165, 1.54) is 0 Å². The summed E-state index contributed by atoms with van der Waals surface area (Å²) in [6.45, 7) is 2.68. The first-order valence-electron chi connectivity index (χ1n) is 12.2. The molecule has 7 nitrogen and oxygen atoms in total. The monoisotopic (exact) mass is 463 g/mol. The highest BCUT2D eigenvalue weighted by molar-refractivity contribution is 5.98. The van der Waals surface area contributed by atoms with Crippen LogP contribution in [0.15, 0.2) is 48.5 Å². The number of piperidine rings is 1. The molecular formula is C27H33N3O4. The molecule has 2 atom stereocenters. The number of nitrogens with one attached hydrogen (secondary N) is 2. The number of hydrogen-bond donors (Lipinski definition) is 2. The third-order valence-corrected chi connectivity index (χ3v) is 6.56. The fourth-order valence-corrected chi connectivity index (χ4v) is 4.58. The van der Waals surface area contributed by atoms with Crippen molar-refractivity contribution in [1.29, 1.82) is 0 Å². The number of ether oxygens (including phenoxy) is 1. The zero-order chi connectivity index (χ0) is 24.1. The van der Waals surface area contributed by atoms with E-state index in [1.807, 2.05) is 29.2 Å². The minimum absolute atomic E-state index is 0.0622. The van der Waals surface area contributed by atoms with Crippen molar-refractivity contribution in [2.45, 2.75) is 57.5 Å². The molecule has 1 aliphatic carbocycles. The largest absolute Gasteiger partial charge is 0.496 e. The van der Waals surface area contributed by atoms with Crippen molar-refractivity contribution >= 4 is 23.4 Å². The number of carbonyl (C=O) groups excluding carboxylic acids is 3. The number of amides is 3. The summed E-state index contributed by atoms with van der Waals surface area (Å²) in [5, 5.41) is 5.98. The lowest BCUT2D eigenvalue weighted by Gasteiger charge is -2.41. The van der Waals surface area contributed by atoms with E-state index in [1.54, 1.807) is 31.4 Å². The van der Waals surface area contributed by atoms with E-state index in [0.717, 1.165) is 31.2 Å². The van der Waals surface area contributed by atoms with Crippen LogP contribution in [0.2, 0.25) is 0 Å². The van der Waals surface area contributed by atoms with Gasteiger partial charge in [0.25, 0.3) is 5.91 Å². The van der Waals surface area contributed by atoms with Crippen LogP contribution in [0.1, 0.15) is 67.4 Å².